The van der Waals surface area contributed by atoms with E-state index in [1.54, 1.807) is 11.3 Å². The molecule has 7 heteroatoms. The van der Waals surface area contributed by atoms with Crippen molar-refractivity contribution in [2.24, 2.45) is 5.92 Å². The first-order valence-corrected chi connectivity index (χ1v) is 12.2. The summed E-state index contributed by atoms with van der Waals surface area (Å²) in [5.41, 5.74) is 1.06. The van der Waals surface area contributed by atoms with Crippen molar-refractivity contribution in [2.75, 3.05) is 12.3 Å². The fourth-order valence-electron chi connectivity index (χ4n) is 3.93. The molecule has 0 saturated carbocycles. The number of nitrogens with zero attached hydrogens (tertiary/aromatic N) is 2. The average Bonchev–Trinajstić information content (AvgIpc) is 3.01. The van der Waals surface area contributed by atoms with Crippen molar-refractivity contribution in [3.05, 3.63) is 20.8 Å². The number of carbonyl (C=O) groups is 1. The molecule has 1 fully saturated rings. The lowest BCUT2D eigenvalue weighted by Crippen LogP contribution is -2.44. The van der Waals surface area contributed by atoms with Gasteiger partial charge in [0.15, 0.2) is 5.16 Å². The number of aryl methyl sites for hydroxylation is 1. The second-order valence-electron chi connectivity index (χ2n) is 7.84. The minimum absolute atomic E-state index is 0.0768. The molecular weight excluding hydrogens is 390 g/mol. The van der Waals surface area contributed by atoms with E-state index in [1.807, 2.05) is 4.90 Å². The first kappa shape index (κ1) is 21.4. The Hall–Kier alpha value is -1.34. The number of amides is 1. The SMILES string of the molecule is CC[C@@H](C)Cc1c(C)sc2nc(SCC(=O)N3CCCC[C@H]3CC)[nH]c(=O)c12. The molecule has 0 spiro atoms. The molecule has 0 bridgehead atoms. The number of H-pyrrole nitrogens is 1. The molecular formula is C21H31N3O2S2. The van der Waals surface area contributed by atoms with Crippen LogP contribution in [0.2, 0.25) is 0 Å². The Morgan fingerprint density at radius 2 is 2.18 bits per heavy atom. The van der Waals surface area contributed by atoms with Crippen molar-refractivity contribution in [1.82, 2.24) is 14.9 Å². The highest BCUT2D eigenvalue weighted by Gasteiger charge is 2.25. The molecule has 1 saturated heterocycles. The summed E-state index contributed by atoms with van der Waals surface area (Å²) in [6.07, 6.45) is 6.39. The lowest BCUT2D eigenvalue weighted by atomic mass is 9.98. The molecule has 1 amide bonds. The third-order valence-electron chi connectivity index (χ3n) is 5.84. The molecule has 1 N–H and O–H groups in total. The maximum atomic E-state index is 12.8. The van der Waals surface area contributed by atoms with E-state index in [0.29, 0.717) is 22.9 Å². The first-order valence-electron chi connectivity index (χ1n) is 10.4. The van der Waals surface area contributed by atoms with E-state index in [1.165, 1.54) is 23.1 Å². The average molecular weight is 422 g/mol. The molecule has 5 nitrogen and oxygen atoms in total. The zero-order valence-corrected chi connectivity index (χ0v) is 19.0. The zero-order valence-electron chi connectivity index (χ0n) is 17.3. The van der Waals surface area contributed by atoms with Gasteiger partial charge in [0.1, 0.15) is 4.83 Å². The Bertz CT molecular complexity index is 890. The summed E-state index contributed by atoms with van der Waals surface area (Å²) in [5, 5.41) is 1.29. The molecule has 2 atom stereocenters. The van der Waals surface area contributed by atoms with Crippen LogP contribution in [0.4, 0.5) is 0 Å². The van der Waals surface area contributed by atoms with Crippen molar-refractivity contribution in [2.45, 2.75) is 77.4 Å². The Morgan fingerprint density at radius 3 is 2.89 bits per heavy atom. The van der Waals surface area contributed by atoms with E-state index in [2.05, 4.69) is 37.7 Å². The highest BCUT2D eigenvalue weighted by molar-refractivity contribution is 7.99. The number of aromatic nitrogens is 2. The number of hydrogen-bond acceptors (Lipinski definition) is 5. The van der Waals surface area contributed by atoms with Gasteiger partial charge in [0.05, 0.1) is 11.1 Å². The van der Waals surface area contributed by atoms with Gasteiger partial charge in [0.25, 0.3) is 5.56 Å². The maximum Gasteiger partial charge on any atom is 0.260 e. The fourth-order valence-corrected chi connectivity index (χ4v) is 5.79. The monoisotopic (exact) mass is 421 g/mol. The van der Waals surface area contributed by atoms with Crippen LogP contribution in [0.1, 0.15) is 63.3 Å². The minimum Gasteiger partial charge on any atom is -0.339 e. The van der Waals surface area contributed by atoms with E-state index in [4.69, 9.17) is 0 Å². The molecule has 0 aromatic carbocycles. The second-order valence-corrected chi connectivity index (χ2v) is 10.0. The van der Waals surface area contributed by atoms with E-state index in [-0.39, 0.29) is 11.5 Å². The number of fused-ring (bicyclic) bond motifs is 1. The normalized spacial score (nSPS) is 18.6. The van der Waals surface area contributed by atoms with Gasteiger partial charge in [-0.1, -0.05) is 39.0 Å². The number of rotatable bonds is 7. The number of hydrogen-bond donors (Lipinski definition) is 1. The van der Waals surface area contributed by atoms with E-state index in [0.717, 1.165) is 54.4 Å². The van der Waals surface area contributed by atoms with E-state index < -0.39 is 0 Å². The molecule has 2 aromatic rings. The van der Waals surface area contributed by atoms with Crippen LogP contribution in [-0.2, 0) is 11.2 Å². The third-order valence-corrected chi connectivity index (χ3v) is 7.74. The molecule has 2 aromatic heterocycles. The van der Waals surface area contributed by atoms with Crippen LogP contribution in [0.3, 0.4) is 0 Å². The zero-order chi connectivity index (χ0) is 20.3. The largest absolute Gasteiger partial charge is 0.339 e. The summed E-state index contributed by atoms with van der Waals surface area (Å²) < 4.78 is 0. The van der Waals surface area contributed by atoms with Crippen LogP contribution in [-0.4, -0.2) is 39.1 Å². The van der Waals surface area contributed by atoms with E-state index >= 15 is 0 Å². The molecule has 154 valence electrons. The van der Waals surface area contributed by atoms with E-state index in [9.17, 15) is 9.59 Å². The molecule has 0 radical (unpaired) electrons. The van der Waals surface area contributed by atoms with Crippen molar-refractivity contribution in [1.29, 1.82) is 0 Å². The lowest BCUT2D eigenvalue weighted by Gasteiger charge is -2.35. The Balaban J connectivity index is 1.76. The summed E-state index contributed by atoms with van der Waals surface area (Å²) in [6.45, 7) is 9.45. The van der Waals surface area contributed by atoms with Crippen LogP contribution in [0, 0.1) is 12.8 Å². The number of piperidine rings is 1. The van der Waals surface area contributed by atoms with Crippen LogP contribution in [0.25, 0.3) is 10.2 Å². The molecule has 1 aliphatic heterocycles. The number of thioether (sulfide) groups is 1. The Kier molecular flexibility index (Phi) is 7.20. The maximum absolute atomic E-state index is 12.8. The lowest BCUT2D eigenvalue weighted by molar-refractivity contribution is -0.132. The Labute approximate surface area is 175 Å². The van der Waals surface area contributed by atoms with Crippen molar-refractivity contribution in [3.63, 3.8) is 0 Å². The van der Waals surface area contributed by atoms with Crippen LogP contribution >= 0.6 is 23.1 Å². The van der Waals surface area contributed by atoms with Gasteiger partial charge in [0, 0.05) is 17.5 Å². The van der Waals surface area contributed by atoms with Gasteiger partial charge in [-0.25, -0.2) is 4.98 Å². The quantitative estimate of drug-likeness (QED) is 0.517. The summed E-state index contributed by atoms with van der Waals surface area (Å²) in [7, 11) is 0. The van der Waals surface area contributed by atoms with Crippen LogP contribution in [0.15, 0.2) is 9.95 Å². The molecule has 28 heavy (non-hydrogen) atoms. The van der Waals surface area contributed by atoms with Gasteiger partial charge >= 0.3 is 0 Å². The standard InChI is InChI=1S/C21H31N3O2S2/c1-5-13(3)11-16-14(4)28-20-18(16)19(26)22-21(23-20)27-12-17(25)24-10-8-7-9-15(24)6-2/h13,15H,5-12H2,1-4H3,(H,22,23,26)/t13-,15-/m1/s1. The summed E-state index contributed by atoms with van der Waals surface area (Å²) >= 11 is 2.93. The molecule has 3 heterocycles. The van der Waals surface area contributed by atoms with Crippen molar-refractivity contribution < 1.29 is 4.79 Å². The number of aromatic amines is 1. The van der Waals surface area contributed by atoms with Gasteiger partial charge in [-0.2, -0.15) is 0 Å². The smallest absolute Gasteiger partial charge is 0.260 e. The summed E-state index contributed by atoms with van der Waals surface area (Å²) in [4.78, 5) is 37.0. The third kappa shape index (κ3) is 4.62. The fraction of sp³-hybridized carbons (Fsp3) is 0.667. The number of thiophene rings is 1. The minimum atomic E-state index is -0.0768. The van der Waals surface area contributed by atoms with Crippen LogP contribution < -0.4 is 5.56 Å². The van der Waals surface area contributed by atoms with Crippen LogP contribution in [0.5, 0.6) is 0 Å². The topological polar surface area (TPSA) is 66.1 Å². The predicted octanol–water partition coefficient (Wildman–Crippen LogP) is 4.76. The predicted molar refractivity (Wildman–Crippen MR) is 119 cm³/mol. The first-order chi connectivity index (χ1) is 13.4. The number of likely N-dealkylation sites (tertiary alicyclic amines) is 1. The van der Waals surface area contributed by atoms with Gasteiger partial charge in [-0.3, -0.25) is 9.59 Å². The number of nitrogens with one attached hydrogen (secondary N) is 1. The highest BCUT2D eigenvalue weighted by Crippen LogP contribution is 2.30. The second kappa shape index (κ2) is 9.44. The van der Waals surface area contributed by atoms with Gasteiger partial charge in [-0.15, -0.1) is 11.3 Å². The van der Waals surface area contributed by atoms with Crippen molar-refractivity contribution in [3.8, 4) is 0 Å². The van der Waals surface area contributed by atoms with Gasteiger partial charge < -0.3 is 9.88 Å². The summed E-state index contributed by atoms with van der Waals surface area (Å²) in [5.74, 6) is 1.02. The Morgan fingerprint density at radius 1 is 1.39 bits per heavy atom. The molecule has 1 aliphatic rings. The van der Waals surface area contributed by atoms with Gasteiger partial charge in [-0.05, 0) is 50.5 Å². The molecule has 3 rings (SSSR count). The van der Waals surface area contributed by atoms with Gasteiger partial charge in [0.2, 0.25) is 5.91 Å². The van der Waals surface area contributed by atoms with Crippen molar-refractivity contribution >= 4 is 39.2 Å². The summed E-state index contributed by atoms with van der Waals surface area (Å²) in [6, 6.07) is 0.361. The number of carbonyl (C=O) groups excluding carboxylic acids is 1. The highest BCUT2D eigenvalue weighted by atomic mass is 32.2. The molecule has 0 aliphatic carbocycles. The molecule has 0 unspecified atom stereocenters.